The van der Waals surface area contributed by atoms with E-state index in [1.807, 2.05) is 30.3 Å². The first-order valence-corrected chi connectivity index (χ1v) is 9.86. The second-order valence-corrected chi connectivity index (χ2v) is 8.43. The van der Waals surface area contributed by atoms with Gasteiger partial charge in [-0.1, -0.05) is 22.0 Å². The van der Waals surface area contributed by atoms with E-state index in [0.717, 1.165) is 15.9 Å². The molecular weight excluding hydrogens is 400 g/mol. The maximum Gasteiger partial charge on any atom is 0.257 e. The second kappa shape index (κ2) is 5.63. The number of carbonyl (C=O) groups is 1. The lowest BCUT2D eigenvalue weighted by molar-refractivity contribution is -0.119. The highest BCUT2D eigenvalue weighted by molar-refractivity contribution is 9.10. The molecule has 1 aromatic carbocycles. The Labute approximate surface area is 150 Å². The van der Waals surface area contributed by atoms with E-state index in [-0.39, 0.29) is 17.3 Å². The van der Waals surface area contributed by atoms with Crippen molar-refractivity contribution < 1.29 is 4.79 Å². The average molecular weight is 411 g/mol. The molecule has 3 nitrogen and oxygen atoms in total. The number of hydrogen-bond acceptors (Lipinski definition) is 4. The maximum atomic E-state index is 12.8. The van der Waals surface area contributed by atoms with Gasteiger partial charge in [0.15, 0.2) is 5.11 Å². The van der Waals surface area contributed by atoms with Crippen LogP contribution in [0.3, 0.4) is 0 Å². The summed E-state index contributed by atoms with van der Waals surface area (Å²) in [4.78, 5) is 17.8. The van der Waals surface area contributed by atoms with E-state index < -0.39 is 0 Å². The van der Waals surface area contributed by atoms with Crippen LogP contribution in [0.25, 0.3) is 0 Å². The van der Waals surface area contributed by atoms with Crippen LogP contribution in [0.5, 0.6) is 0 Å². The zero-order valence-electron chi connectivity index (χ0n) is 11.3. The fraction of sp³-hybridized carbons (Fsp3) is 0.200. The monoisotopic (exact) mass is 410 g/mol. The number of nitrogens with zero attached hydrogens (tertiary/aromatic N) is 2. The van der Waals surface area contributed by atoms with Crippen molar-refractivity contribution in [1.82, 2.24) is 4.90 Å². The van der Waals surface area contributed by atoms with E-state index in [2.05, 4.69) is 32.3 Å². The topological polar surface area (TPSA) is 23.6 Å². The minimum absolute atomic E-state index is 0.0823. The Bertz CT molecular complexity index is 732. The van der Waals surface area contributed by atoms with Crippen LogP contribution < -0.4 is 4.90 Å². The lowest BCUT2D eigenvalue weighted by Crippen LogP contribution is -2.33. The van der Waals surface area contributed by atoms with Crippen LogP contribution in [0.15, 0.2) is 46.3 Å². The summed E-state index contributed by atoms with van der Waals surface area (Å²) in [7, 11) is 0. The molecule has 4 rings (SSSR count). The number of thiocarbonyl (C=S) groups is 1. The van der Waals surface area contributed by atoms with Crippen molar-refractivity contribution in [2.45, 2.75) is 11.4 Å². The third kappa shape index (κ3) is 2.22. The quantitative estimate of drug-likeness (QED) is 0.690. The van der Waals surface area contributed by atoms with Gasteiger partial charge in [0.05, 0.1) is 5.69 Å². The highest BCUT2D eigenvalue weighted by Crippen LogP contribution is 2.47. The molecule has 2 fully saturated rings. The van der Waals surface area contributed by atoms with Gasteiger partial charge in [0.25, 0.3) is 5.91 Å². The van der Waals surface area contributed by atoms with E-state index in [4.69, 9.17) is 12.2 Å². The van der Waals surface area contributed by atoms with E-state index in [0.29, 0.717) is 5.11 Å². The predicted molar refractivity (Wildman–Crippen MR) is 99.4 cm³/mol. The van der Waals surface area contributed by atoms with E-state index in [1.165, 1.54) is 4.88 Å². The van der Waals surface area contributed by atoms with Gasteiger partial charge >= 0.3 is 0 Å². The third-order valence-corrected chi connectivity index (χ3v) is 7.09. The van der Waals surface area contributed by atoms with Crippen LogP contribution in [0, 0.1) is 0 Å². The van der Waals surface area contributed by atoms with Crippen molar-refractivity contribution in [2.24, 2.45) is 0 Å². The molecule has 0 aliphatic carbocycles. The van der Waals surface area contributed by atoms with Crippen LogP contribution >= 0.6 is 51.2 Å². The summed E-state index contributed by atoms with van der Waals surface area (Å²) in [6, 6.07) is 11.7. The molecule has 112 valence electrons. The number of carbonyl (C=O) groups excluding carboxylic acids is 1. The number of fused-ring (bicyclic) bond motifs is 1. The Hall–Kier alpha value is -0.890. The molecule has 0 radical (unpaired) electrons. The van der Waals surface area contributed by atoms with Gasteiger partial charge in [-0.05, 0) is 47.9 Å². The highest BCUT2D eigenvalue weighted by atomic mass is 79.9. The SMILES string of the molecule is O=C1[C@@H]2CS[C@@H](c3cccs3)N2C(=S)N1c1ccc(Br)cc1. The van der Waals surface area contributed by atoms with Crippen molar-refractivity contribution in [1.29, 1.82) is 0 Å². The van der Waals surface area contributed by atoms with Gasteiger partial charge in [-0.2, -0.15) is 0 Å². The summed E-state index contributed by atoms with van der Waals surface area (Å²) in [5.74, 6) is 0.869. The van der Waals surface area contributed by atoms with Crippen LogP contribution in [0.2, 0.25) is 0 Å². The molecule has 7 heteroatoms. The summed E-state index contributed by atoms with van der Waals surface area (Å²) in [6.45, 7) is 0. The van der Waals surface area contributed by atoms with Gasteiger partial charge in [0.1, 0.15) is 11.4 Å². The largest absolute Gasteiger partial charge is 0.319 e. The van der Waals surface area contributed by atoms with Crippen LogP contribution in [0.4, 0.5) is 5.69 Å². The Balaban J connectivity index is 1.69. The predicted octanol–water partition coefficient (Wildman–Crippen LogP) is 4.26. The van der Waals surface area contributed by atoms with Gasteiger partial charge in [-0.15, -0.1) is 23.1 Å². The van der Waals surface area contributed by atoms with E-state index >= 15 is 0 Å². The lowest BCUT2D eigenvalue weighted by Gasteiger charge is -2.24. The summed E-state index contributed by atoms with van der Waals surface area (Å²) in [5.41, 5.74) is 0.836. The number of benzene rings is 1. The Morgan fingerprint density at radius 3 is 2.68 bits per heavy atom. The number of thiophene rings is 1. The Kier molecular flexibility index (Phi) is 3.76. The molecule has 2 aromatic rings. The smallest absolute Gasteiger partial charge is 0.257 e. The van der Waals surface area contributed by atoms with Crippen molar-refractivity contribution in [2.75, 3.05) is 10.7 Å². The number of hydrogen-bond donors (Lipinski definition) is 0. The summed E-state index contributed by atoms with van der Waals surface area (Å²) < 4.78 is 0.987. The van der Waals surface area contributed by atoms with Crippen molar-refractivity contribution in [3.8, 4) is 0 Å². The van der Waals surface area contributed by atoms with Gasteiger partial charge in [-0.3, -0.25) is 9.69 Å². The average Bonchev–Trinajstić information content (AvgIpc) is 3.21. The standard InChI is InChI=1S/C15H11BrN2OS3/c16-9-3-5-10(6-4-9)17-13(19)11-8-22-14(18(11)15(17)20)12-2-1-7-21-12/h1-7,11,14H,8H2/t11-,14-/m0/s1. The van der Waals surface area contributed by atoms with Gasteiger partial charge < -0.3 is 4.90 Å². The number of amides is 1. The summed E-state index contributed by atoms with van der Waals surface area (Å²) >= 11 is 12.6. The summed E-state index contributed by atoms with van der Waals surface area (Å²) in [5, 5.41) is 2.83. The highest BCUT2D eigenvalue weighted by Gasteiger charge is 2.51. The molecule has 0 saturated carbocycles. The van der Waals surface area contributed by atoms with Crippen molar-refractivity contribution in [3.05, 3.63) is 51.1 Å². The number of anilines is 1. The zero-order valence-corrected chi connectivity index (χ0v) is 15.3. The molecule has 3 heterocycles. The molecule has 1 amide bonds. The third-order valence-electron chi connectivity index (χ3n) is 3.79. The molecule has 0 spiro atoms. The van der Waals surface area contributed by atoms with Gasteiger partial charge in [0, 0.05) is 15.1 Å². The number of thioether (sulfide) groups is 1. The zero-order chi connectivity index (χ0) is 15.3. The van der Waals surface area contributed by atoms with Crippen molar-refractivity contribution in [3.63, 3.8) is 0 Å². The van der Waals surface area contributed by atoms with Gasteiger partial charge in [-0.25, -0.2) is 0 Å². The molecule has 0 unspecified atom stereocenters. The minimum Gasteiger partial charge on any atom is -0.319 e. The molecule has 0 N–H and O–H groups in total. The van der Waals surface area contributed by atoms with Crippen LogP contribution in [-0.2, 0) is 4.79 Å². The van der Waals surface area contributed by atoms with Gasteiger partial charge in [0.2, 0.25) is 0 Å². The second-order valence-electron chi connectivity index (χ2n) is 5.06. The first-order valence-electron chi connectivity index (χ1n) is 6.73. The minimum atomic E-state index is -0.145. The number of halogens is 1. The first-order chi connectivity index (χ1) is 10.7. The Morgan fingerprint density at radius 2 is 2.00 bits per heavy atom. The first kappa shape index (κ1) is 14.7. The molecule has 2 saturated heterocycles. The fourth-order valence-electron chi connectivity index (χ4n) is 2.77. The maximum absolute atomic E-state index is 12.8. The fourth-order valence-corrected chi connectivity index (χ4v) is 5.92. The Morgan fingerprint density at radius 1 is 1.23 bits per heavy atom. The molecule has 22 heavy (non-hydrogen) atoms. The molecular formula is C15H11BrN2OS3. The normalized spacial score (nSPS) is 24.2. The molecule has 0 bridgehead atoms. The van der Waals surface area contributed by atoms with Crippen LogP contribution in [-0.4, -0.2) is 27.7 Å². The van der Waals surface area contributed by atoms with E-state index in [9.17, 15) is 4.79 Å². The van der Waals surface area contributed by atoms with E-state index in [1.54, 1.807) is 28.0 Å². The lowest BCUT2D eigenvalue weighted by atomic mass is 10.2. The number of rotatable bonds is 2. The molecule has 2 atom stereocenters. The molecule has 1 aromatic heterocycles. The summed E-state index contributed by atoms with van der Waals surface area (Å²) in [6.07, 6.45) is 0. The molecule has 2 aliphatic heterocycles. The van der Waals surface area contributed by atoms with Crippen molar-refractivity contribution >= 4 is 68.0 Å². The molecule has 2 aliphatic rings. The van der Waals surface area contributed by atoms with Crippen LogP contribution in [0.1, 0.15) is 10.3 Å².